The Bertz CT molecular complexity index is 1110. The number of aromatic nitrogens is 1. The number of aromatic amines is 1. The fourth-order valence-electron chi connectivity index (χ4n) is 3.62. The van der Waals surface area contributed by atoms with Crippen molar-refractivity contribution in [2.45, 2.75) is 30.8 Å². The zero-order valence-electron chi connectivity index (χ0n) is 16.1. The summed E-state index contributed by atoms with van der Waals surface area (Å²) < 4.78 is 28.6. The van der Waals surface area contributed by atoms with Crippen molar-refractivity contribution in [3.05, 3.63) is 89.2 Å². The van der Waals surface area contributed by atoms with Crippen LogP contribution in [0.25, 0.3) is 0 Å². The maximum atomic E-state index is 12.9. The third-order valence-electron chi connectivity index (χ3n) is 5.25. The zero-order chi connectivity index (χ0) is 20.4. The average Bonchev–Trinajstić information content (AvgIpc) is 3.27. The van der Waals surface area contributed by atoms with Gasteiger partial charge in [-0.15, -0.1) is 0 Å². The normalized spacial score (nSPS) is 15.0. The molecule has 2 heterocycles. The topological polar surface area (TPSA) is 82.3 Å². The molecule has 0 unspecified atom stereocenters. The van der Waals surface area contributed by atoms with Gasteiger partial charge in [0.2, 0.25) is 10.0 Å². The van der Waals surface area contributed by atoms with Crippen LogP contribution < -0.4 is 4.72 Å². The van der Waals surface area contributed by atoms with Crippen molar-refractivity contribution >= 4 is 15.9 Å². The Kier molecular flexibility index (Phi) is 5.25. The summed E-state index contributed by atoms with van der Waals surface area (Å²) in [5, 5.41) is 0. The molecule has 1 amide bonds. The molecule has 1 aliphatic heterocycles. The molecule has 4 rings (SSSR count). The van der Waals surface area contributed by atoms with Crippen molar-refractivity contribution in [2.24, 2.45) is 0 Å². The van der Waals surface area contributed by atoms with Gasteiger partial charge < -0.3 is 9.88 Å². The van der Waals surface area contributed by atoms with Crippen LogP contribution in [0.4, 0.5) is 0 Å². The Balaban J connectivity index is 1.54. The Labute approximate surface area is 170 Å². The summed E-state index contributed by atoms with van der Waals surface area (Å²) in [6.45, 7) is 2.83. The predicted molar refractivity (Wildman–Crippen MR) is 111 cm³/mol. The first-order valence-electron chi connectivity index (χ1n) is 9.56. The van der Waals surface area contributed by atoms with E-state index >= 15 is 0 Å². The predicted octanol–water partition coefficient (Wildman–Crippen LogP) is 3.25. The average molecular weight is 410 g/mol. The smallest absolute Gasteiger partial charge is 0.270 e. The number of rotatable bonds is 5. The highest BCUT2D eigenvalue weighted by atomic mass is 32.2. The summed E-state index contributed by atoms with van der Waals surface area (Å²) in [6.07, 6.45) is 2.42. The van der Waals surface area contributed by atoms with Crippen LogP contribution in [0, 0.1) is 0 Å². The first kappa shape index (κ1) is 19.4. The van der Waals surface area contributed by atoms with Gasteiger partial charge in [-0.25, -0.2) is 13.1 Å². The van der Waals surface area contributed by atoms with Crippen molar-refractivity contribution in [3.63, 3.8) is 0 Å². The molecule has 29 heavy (non-hydrogen) atoms. The van der Waals surface area contributed by atoms with Gasteiger partial charge in [0.25, 0.3) is 5.91 Å². The molecule has 6 nitrogen and oxygen atoms in total. The van der Waals surface area contributed by atoms with Gasteiger partial charge in [0.15, 0.2) is 0 Å². The Morgan fingerprint density at radius 1 is 1.07 bits per heavy atom. The molecule has 1 atom stereocenters. The summed E-state index contributed by atoms with van der Waals surface area (Å²) in [7, 11) is -3.68. The second-order valence-corrected chi connectivity index (χ2v) is 8.96. The van der Waals surface area contributed by atoms with E-state index in [0.717, 1.165) is 16.7 Å². The molecule has 0 spiro atoms. The van der Waals surface area contributed by atoms with Crippen LogP contribution in [-0.4, -0.2) is 30.8 Å². The molecule has 0 bridgehead atoms. The molecule has 150 valence electrons. The molecular formula is C22H23N3O3S. The van der Waals surface area contributed by atoms with E-state index in [1.54, 1.807) is 35.4 Å². The minimum atomic E-state index is -3.68. The lowest BCUT2D eigenvalue weighted by molar-refractivity contribution is 0.0729. The molecule has 0 radical (unpaired) electrons. The van der Waals surface area contributed by atoms with Gasteiger partial charge >= 0.3 is 0 Å². The van der Waals surface area contributed by atoms with Gasteiger partial charge in [-0.1, -0.05) is 36.4 Å². The Hall–Kier alpha value is -2.90. The number of fused-ring (bicyclic) bond motifs is 1. The van der Waals surface area contributed by atoms with Crippen LogP contribution in [0.15, 0.2) is 71.8 Å². The van der Waals surface area contributed by atoms with Crippen LogP contribution in [-0.2, 0) is 23.0 Å². The summed E-state index contributed by atoms with van der Waals surface area (Å²) in [5.41, 5.74) is 3.38. The van der Waals surface area contributed by atoms with Crippen LogP contribution in [0.3, 0.4) is 0 Å². The number of carbonyl (C=O) groups excluding carboxylic acids is 1. The van der Waals surface area contributed by atoms with Gasteiger partial charge in [0, 0.05) is 25.3 Å². The maximum Gasteiger partial charge on any atom is 0.270 e. The molecule has 7 heteroatoms. The summed E-state index contributed by atoms with van der Waals surface area (Å²) in [4.78, 5) is 17.5. The highest BCUT2D eigenvalue weighted by molar-refractivity contribution is 7.89. The van der Waals surface area contributed by atoms with E-state index in [9.17, 15) is 13.2 Å². The van der Waals surface area contributed by atoms with E-state index < -0.39 is 10.0 Å². The Morgan fingerprint density at radius 2 is 1.86 bits per heavy atom. The number of carbonyl (C=O) groups is 1. The summed E-state index contributed by atoms with van der Waals surface area (Å²) in [5.74, 6) is -0.0789. The molecule has 0 saturated heterocycles. The first-order chi connectivity index (χ1) is 13.9. The quantitative estimate of drug-likeness (QED) is 0.679. The van der Waals surface area contributed by atoms with Crippen molar-refractivity contribution in [1.82, 2.24) is 14.6 Å². The lowest BCUT2D eigenvalue weighted by atomic mass is 9.99. The lowest BCUT2D eigenvalue weighted by Crippen LogP contribution is -2.36. The summed E-state index contributed by atoms with van der Waals surface area (Å²) in [6, 6.07) is 17.8. The standard InChI is InChI=1S/C22H23N3O3S/c1-16(17-6-3-2-4-7-17)24-29(27,28)20-10-9-18-11-13-25(15-19(18)14-20)22(26)21-8-5-12-23-21/h2-10,12,14,16,23-24H,11,13,15H2,1H3/t16-/m0/s1. The highest BCUT2D eigenvalue weighted by Crippen LogP contribution is 2.24. The van der Waals surface area contributed by atoms with E-state index in [-0.39, 0.29) is 16.8 Å². The van der Waals surface area contributed by atoms with Gasteiger partial charge in [0.05, 0.1) is 4.90 Å². The van der Waals surface area contributed by atoms with Crippen LogP contribution in [0.1, 0.15) is 40.1 Å². The monoisotopic (exact) mass is 409 g/mol. The van der Waals surface area contributed by atoms with Crippen molar-refractivity contribution in [1.29, 1.82) is 0 Å². The fraction of sp³-hybridized carbons (Fsp3) is 0.227. The number of hydrogen-bond donors (Lipinski definition) is 2. The molecule has 1 aromatic heterocycles. The lowest BCUT2D eigenvalue weighted by Gasteiger charge is -2.29. The molecule has 2 aromatic carbocycles. The van der Waals surface area contributed by atoms with Gasteiger partial charge in [-0.05, 0) is 54.3 Å². The number of nitrogens with one attached hydrogen (secondary N) is 2. The zero-order valence-corrected chi connectivity index (χ0v) is 16.9. The molecule has 0 saturated carbocycles. The second-order valence-electron chi connectivity index (χ2n) is 7.24. The number of benzene rings is 2. The second kappa shape index (κ2) is 7.85. The van der Waals surface area contributed by atoms with E-state index in [4.69, 9.17) is 0 Å². The minimum Gasteiger partial charge on any atom is -0.357 e. The van der Waals surface area contributed by atoms with Gasteiger partial charge in [-0.3, -0.25) is 4.79 Å². The maximum absolute atomic E-state index is 12.9. The third kappa shape index (κ3) is 4.11. The fourth-order valence-corrected chi connectivity index (χ4v) is 4.90. The minimum absolute atomic E-state index is 0.0789. The molecule has 0 aliphatic carbocycles. The third-order valence-corrected chi connectivity index (χ3v) is 6.79. The van der Waals surface area contributed by atoms with Crippen LogP contribution in [0.2, 0.25) is 0 Å². The van der Waals surface area contributed by atoms with E-state index in [2.05, 4.69) is 9.71 Å². The molecular weight excluding hydrogens is 386 g/mol. The van der Waals surface area contributed by atoms with Crippen LogP contribution in [0.5, 0.6) is 0 Å². The number of sulfonamides is 1. The first-order valence-corrected chi connectivity index (χ1v) is 11.0. The van der Waals surface area contributed by atoms with E-state index in [0.29, 0.717) is 25.2 Å². The molecule has 2 N–H and O–H groups in total. The number of hydrogen-bond acceptors (Lipinski definition) is 3. The molecule has 0 fully saturated rings. The Morgan fingerprint density at radius 3 is 2.59 bits per heavy atom. The van der Waals surface area contributed by atoms with Crippen molar-refractivity contribution < 1.29 is 13.2 Å². The molecule has 3 aromatic rings. The number of amides is 1. The molecule has 1 aliphatic rings. The largest absolute Gasteiger partial charge is 0.357 e. The highest BCUT2D eigenvalue weighted by Gasteiger charge is 2.25. The van der Waals surface area contributed by atoms with E-state index in [1.807, 2.05) is 43.3 Å². The van der Waals surface area contributed by atoms with E-state index in [1.165, 1.54) is 0 Å². The van der Waals surface area contributed by atoms with Crippen LogP contribution >= 0.6 is 0 Å². The number of H-pyrrole nitrogens is 1. The summed E-state index contributed by atoms with van der Waals surface area (Å²) >= 11 is 0. The van der Waals surface area contributed by atoms with Gasteiger partial charge in [-0.2, -0.15) is 0 Å². The van der Waals surface area contributed by atoms with Crippen molar-refractivity contribution in [2.75, 3.05) is 6.54 Å². The van der Waals surface area contributed by atoms with Gasteiger partial charge in [0.1, 0.15) is 5.69 Å². The van der Waals surface area contributed by atoms with Crippen molar-refractivity contribution in [3.8, 4) is 0 Å². The number of nitrogens with zero attached hydrogens (tertiary/aromatic N) is 1. The SMILES string of the molecule is C[C@H](NS(=O)(=O)c1ccc2c(c1)CN(C(=O)c1ccc[nH]1)CC2)c1ccccc1.